The van der Waals surface area contributed by atoms with E-state index in [1.165, 1.54) is 12.8 Å². The lowest BCUT2D eigenvalue weighted by Gasteiger charge is -2.54. The van der Waals surface area contributed by atoms with Gasteiger partial charge in [0.2, 0.25) is 0 Å². The third kappa shape index (κ3) is 1.47. The highest BCUT2D eigenvalue weighted by Gasteiger charge is 2.51. The molecule has 0 spiro atoms. The fraction of sp³-hybridized carbons (Fsp3) is 0.786. The molecule has 2 aliphatic carbocycles. The van der Waals surface area contributed by atoms with Crippen molar-refractivity contribution in [3.8, 4) is 0 Å². The standard InChI is InChI=1S/C14H22O/c1-10-11(15)6-7-12-13(2,3)8-5-9-14(10,12)4/h12H,1,5-9H2,2-4H3/t12-,14+/m1/s1. The van der Waals surface area contributed by atoms with Crippen LogP contribution in [-0.4, -0.2) is 5.78 Å². The molecule has 0 N–H and O–H groups in total. The van der Waals surface area contributed by atoms with Gasteiger partial charge in [-0.15, -0.1) is 0 Å². The third-order valence-electron chi connectivity index (χ3n) is 4.92. The molecule has 2 atom stereocenters. The molecule has 1 nitrogen and oxygen atoms in total. The molecule has 0 radical (unpaired) electrons. The summed E-state index contributed by atoms with van der Waals surface area (Å²) < 4.78 is 0. The summed E-state index contributed by atoms with van der Waals surface area (Å²) >= 11 is 0. The number of fused-ring (bicyclic) bond motifs is 1. The van der Waals surface area contributed by atoms with E-state index >= 15 is 0 Å². The van der Waals surface area contributed by atoms with E-state index in [-0.39, 0.29) is 5.41 Å². The molecule has 2 saturated carbocycles. The van der Waals surface area contributed by atoms with Crippen LogP contribution >= 0.6 is 0 Å². The first kappa shape index (κ1) is 10.9. The summed E-state index contributed by atoms with van der Waals surface area (Å²) in [5, 5.41) is 0. The molecule has 2 aliphatic rings. The number of carbonyl (C=O) groups excluding carboxylic acids is 1. The maximum Gasteiger partial charge on any atom is 0.158 e. The van der Waals surface area contributed by atoms with Crippen LogP contribution in [0.4, 0.5) is 0 Å². The van der Waals surface area contributed by atoms with Crippen LogP contribution in [0.5, 0.6) is 0 Å². The van der Waals surface area contributed by atoms with E-state index in [9.17, 15) is 4.79 Å². The van der Waals surface area contributed by atoms with Gasteiger partial charge >= 0.3 is 0 Å². The fourth-order valence-electron chi connectivity index (χ4n) is 3.94. The summed E-state index contributed by atoms with van der Waals surface area (Å²) in [6.45, 7) is 11.0. The molecule has 0 aromatic heterocycles. The zero-order valence-electron chi connectivity index (χ0n) is 10.2. The van der Waals surface area contributed by atoms with Crippen molar-refractivity contribution in [2.75, 3.05) is 0 Å². The molecule has 0 saturated heterocycles. The van der Waals surface area contributed by atoms with Crippen molar-refractivity contribution >= 4 is 5.78 Å². The molecule has 0 aromatic rings. The van der Waals surface area contributed by atoms with Crippen LogP contribution in [0.25, 0.3) is 0 Å². The fourth-order valence-corrected chi connectivity index (χ4v) is 3.94. The molecule has 0 amide bonds. The van der Waals surface area contributed by atoms with E-state index in [0.29, 0.717) is 17.1 Å². The Bertz CT molecular complexity index is 313. The van der Waals surface area contributed by atoms with Crippen molar-refractivity contribution in [2.45, 2.75) is 52.9 Å². The predicted molar refractivity (Wildman–Crippen MR) is 62.6 cm³/mol. The van der Waals surface area contributed by atoms with Gasteiger partial charge in [-0.1, -0.05) is 33.8 Å². The second-order valence-electron chi connectivity index (χ2n) is 6.25. The molecule has 2 fully saturated rings. The quantitative estimate of drug-likeness (QED) is 0.552. The minimum Gasteiger partial charge on any atom is -0.295 e. The van der Waals surface area contributed by atoms with Crippen molar-refractivity contribution in [3.63, 3.8) is 0 Å². The van der Waals surface area contributed by atoms with Crippen LogP contribution in [0, 0.1) is 16.7 Å². The molecule has 2 rings (SSSR count). The number of Topliss-reactive ketones (excluding diaryl/α,β-unsaturated/α-hetero) is 1. The lowest BCUT2D eigenvalue weighted by molar-refractivity contribution is -0.122. The Morgan fingerprint density at radius 3 is 2.60 bits per heavy atom. The molecule has 1 heteroatoms. The second kappa shape index (κ2) is 3.20. The Balaban J connectivity index is 2.38. The number of allylic oxidation sites excluding steroid dienone is 1. The minimum atomic E-state index is 0.0943. The van der Waals surface area contributed by atoms with E-state index in [2.05, 4.69) is 27.4 Å². The Morgan fingerprint density at radius 1 is 1.27 bits per heavy atom. The van der Waals surface area contributed by atoms with Gasteiger partial charge in [-0.25, -0.2) is 0 Å². The SMILES string of the molecule is C=C1C(=O)CC[C@@H]2C(C)(C)CCC[C@@]12C. The number of rotatable bonds is 0. The largest absolute Gasteiger partial charge is 0.295 e. The van der Waals surface area contributed by atoms with Gasteiger partial charge in [0.15, 0.2) is 5.78 Å². The van der Waals surface area contributed by atoms with E-state index in [1.54, 1.807) is 0 Å². The predicted octanol–water partition coefficient (Wildman–Crippen LogP) is 3.74. The van der Waals surface area contributed by atoms with E-state index in [1.807, 2.05) is 0 Å². The Hall–Kier alpha value is -0.590. The van der Waals surface area contributed by atoms with Gasteiger partial charge in [-0.3, -0.25) is 4.79 Å². The smallest absolute Gasteiger partial charge is 0.158 e. The van der Waals surface area contributed by atoms with Crippen LogP contribution in [0.2, 0.25) is 0 Å². The van der Waals surface area contributed by atoms with Gasteiger partial charge in [-0.2, -0.15) is 0 Å². The van der Waals surface area contributed by atoms with Crippen molar-refractivity contribution in [2.24, 2.45) is 16.7 Å². The number of ketones is 1. The lowest BCUT2D eigenvalue weighted by Crippen LogP contribution is -2.47. The van der Waals surface area contributed by atoms with Crippen molar-refractivity contribution in [1.29, 1.82) is 0 Å². The van der Waals surface area contributed by atoms with Crippen molar-refractivity contribution in [1.82, 2.24) is 0 Å². The van der Waals surface area contributed by atoms with Crippen LogP contribution in [0.3, 0.4) is 0 Å². The van der Waals surface area contributed by atoms with E-state index in [4.69, 9.17) is 0 Å². The summed E-state index contributed by atoms with van der Waals surface area (Å²) in [5.41, 5.74) is 1.39. The topological polar surface area (TPSA) is 17.1 Å². The van der Waals surface area contributed by atoms with Crippen LogP contribution in [0.1, 0.15) is 52.9 Å². The second-order valence-corrected chi connectivity index (χ2v) is 6.25. The number of carbonyl (C=O) groups is 1. The number of hydrogen-bond donors (Lipinski definition) is 0. The zero-order chi connectivity index (χ0) is 11.3. The van der Waals surface area contributed by atoms with E-state index < -0.39 is 0 Å². The normalized spacial score (nSPS) is 40.1. The highest BCUT2D eigenvalue weighted by molar-refractivity contribution is 5.97. The van der Waals surface area contributed by atoms with Gasteiger partial charge < -0.3 is 0 Å². The number of hydrogen-bond acceptors (Lipinski definition) is 1. The van der Waals surface area contributed by atoms with Crippen LogP contribution in [-0.2, 0) is 4.79 Å². The molecule has 0 bridgehead atoms. The minimum absolute atomic E-state index is 0.0943. The Kier molecular flexibility index (Phi) is 2.33. The molecule has 0 aromatic carbocycles. The first-order chi connectivity index (χ1) is 6.88. The van der Waals surface area contributed by atoms with E-state index in [0.717, 1.165) is 24.8 Å². The Morgan fingerprint density at radius 2 is 1.93 bits per heavy atom. The summed E-state index contributed by atoms with van der Waals surface area (Å²) in [6.07, 6.45) is 5.50. The van der Waals surface area contributed by atoms with Crippen LogP contribution in [0.15, 0.2) is 12.2 Å². The van der Waals surface area contributed by atoms with Gasteiger partial charge in [-0.05, 0) is 41.6 Å². The van der Waals surface area contributed by atoms with Gasteiger partial charge in [0, 0.05) is 6.42 Å². The molecule has 84 valence electrons. The molecule has 15 heavy (non-hydrogen) atoms. The summed E-state index contributed by atoms with van der Waals surface area (Å²) in [5.74, 6) is 0.968. The summed E-state index contributed by atoms with van der Waals surface area (Å²) in [7, 11) is 0. The zero-order valence-corrected chi connectivity index (χ0v) is 10.2. The maximum absolute atomic E-state index is 11.8. The van der Waals surface area contributed by atoms with Gasteiger partial charge in [0.1, 0.15) is 0 Å². The highest BCUT2D eigenvalue weighted by atomic mass is 16.1. The third-order valence-corrected chi connectivity index (χ3v) is 4.92. The molecule has 0 unspecified atom stereocenters. The highest BCUT2D eigenvalue weighted by Crippen LogP contribution is 2.58. The lowest BCUT2D eigenvalue weighted by atomic mass is 9.50. The average Bonchev–Trinajstić information content (AvgIpc) is 2.12. The average molecular weight is 206 g/mol. The molecular weight excluding hydrogens is 184 g/mol. The molecule has 0 aliphatic heterocycles. The van der Waals surface area contributed by atoms with Gasteiger partial charge in [0.25, 0.3) is 0 Å². The maximum atomic E-state index is 11.8. The summed E-state index contributed by atoms with van der Waals surface area (Å²) in [6, 6.07) is 0. The first-order valence-electron chi connectivity index (χ1n) is 6.10. The first-order valence-corrected chi connectivity index (χ1v) is 6.10. The molecule has 0 heterocycles. The van der Waals surface area contributed by atoms with Crippen LogP contribution < -0.4 is 0 Å². The van der Waals surface area contributed by atoms with Crippen molar-refractivity contribution < 1.29 is 4.79 Å². The molecular formula is C14H22O. The van der Waals surface area contributed by atoms with Gasteiger partial charge in [0.05, 0.1) is 0 Å². The monoisotopic (exact) mass is 206 g/mol. The summed E-state index contributed by atoms with van der Waals surface area (Å²) in [4.78, 5) is 11.8. The Labute approximate surface area is 92.9 Å². The van der Waals surface area contributed by atoms with Crippen molar-refractivity contribution in [3.05, 3.63) is 12.2 Å².